The fourth-order valence-corrected chi connectivity index (χ4v) is 14.3. The van der Waals surface area contributed by atoms with E-state index in [1.165, 1.54) is 270 Å². The number of hydrogen-bond acceptors (Lipinski definition) is 6. The van der Waals surface area contributed by atoms with Gasteiger partial charge in [0.2, 0.25) is 0 Å². The Bertz CT molecular complexity index is 2450. The number of rotatable bonds is 60. The lowest BCUT2D eigenvalue weighted by molar-refractivity contribution is 0.256. The van der Waals surface area contributed by atoms with Crippen LogP contribution in [0.15, 0.2) is 45.3 Å². The van der Waals surface area contributed by atoms with Gasteiger partial charge in [0.25, 0.3) is 0 Å². The summed E-state index contributed by atoms with van der Waals surface area (Å²) < 4.78 is 43.6. The smallest absolute Gasteiger partial charge is 0.177 e. The van der Waals surface area contributed by atoms with Crippen LogP contribution in [0, 0.1) is 0 Å². The van der Waals surface area contributed by atoms with Crippen LogP contribution < -0.4 is 28.4 Å². The molecule has 0 unspecified atom stereocenters. The quantitative estimate of drug-likeness (QED) is 0.0220. The minimum absolute atomic E-state index is 0.646. The van der Waals surface area contributed by atoms with E-state index in [1.54, 1.807) is 0 Å². The van der Waals surface area contributed by atoms with E-state index in [-0.39, 0.29) is 0 Å². The molecule has 5 rings (SSSR count). The Morgan fingerprint density at radius 1 is 0.189 bits per heavy atom. The predicted octanol–water partition coefficient (Wildman–Crippen LogP) is 28.9. The summed E-state index contributed by atoms with van der Waals surface area (Å²) in [5.41, 5.74) is 0. The van der Waals surface area contributed by atoms with E-state index >= 15 is 0 Å². The summed E-state index contributed by atoms with van der Waals surface area (Å²) in [6.45, 7) is 17.7. The summed E-state index contributed by atoms with van der Waals surface area (Å²) >= 11 is 8.48. The van der Waals surface area contributed by atoms with Crippen molar-refractivity contribution in [1.82, 2.24) is 0 Å². The van der Waals surface area contributed by atoms with E-state index in [1.807, 2.05) is 0 Å². The normalized spacial score (nSPS) is 11.7. The van der Waals surface area contributed by atoms with Crippen LogP contribution in [-0.4, -0.2) is 39.6 Å². The zero-order valence-corrected chi connectivity index (χ0v) is 62.0. The van der Waals surface area contributed by atoms with Crippen molar-refractivity contribution in [3.05, 3.63) is 45.3 Å². The van der Waals surface area contributed by atoms with Gasteiger partial charge in [0.05, 0.1) is 48.6 Å². The van der Waals surface area contributed by atoms with Gasteiger partial charge in [-0.3, -0.25) is 0 Å². The molecule has 0 atom stereocenters. The summed E-state index contributed by atoms with van der Waals surface area (Å²) in [5.74, 6) is 4.93. The van der Waals surface area contributed by atoms with Crippen molar-refractivity contribution in [3.63, 3.8) is 0 Å². The van der Waals surface area contributed by atoms with E-state index < -0.39 is 0 Å². The molecule has 8 heteroatoms. The lowest BCUT2D eigenvalue weighted by Crippen LogP contribution is -2.05. The van der Waals surface area contributed by atoms with Crippen LogP contribution in [0.25, 0.3) is 43.1 Å². The molecule has 0 saturated carbocycles. The Labute approximate surface area is 568 Å². The molecule has 5 aromatic carbocycles. The minimum atomic E-state index is 0.646. The maximum Gasteiger partial charge on any atom is 0.177 e. The van der Waals surface area contributed by atoms with E-state index in [0.29, 0.717) is 39.6 Å². The monoisotopic (exact) mass is 1370 g/mol. The third kappa shape index (κ3) is 29.3. The van der Waals surface area contributed by atoms with E-state index in [2.05, 4.69) is 110 Å². The van der Waals surface area contributed by atoms with Gasteiger partial charge in [-0.1, -0.05) is 311 Å². The lowest BCUT2D eigenvalue weighted by Gasteiger charge is -2.21. The standard InChI is InChI=1S/C82H132Br2O6/c1-7-13-19-25-31-37-43-49-55-85-75-63-69-67-61-73-74(80(84)82(90-60-54-48-42-36-30-24-18-12-6)81(79(73)83)89-59-53-47-41-35-29-23-17-11-5)62-68(67)70-64-76(86-56-50-44-38-32-26-20-14-8-2)78(88-58-52-46-40-34-28-22-16-10-4)66-72(70)71(69)65-77(75)87-57-51-45-39-33-27-21-15-9-3/h61-66H,7-60H2,1-6H3. The van der Waals surface area contributed by atoms with Crippen LogP contribution in [-0.2, 0) is 0 Å². The predicted molar refractivity (Wildman–Crippen MR) is 400 cm³/mol. The first-order valence-corrected chi connectivity index (χ1v) is 40.1. The molecule has 0 aromatic heterocycles. The molecule has 0 N–H and O–H groups in total. The maximum atomic E-state index is 6.96. The van der Waals surface area contributed by atoms with E-state index in [9.17, 15) is 0 Å². The Morgan fingerprint density at radius 2 is 0.344 bits per heavy atom. The van der Waals surface area contributed by atoms with Crippen LogP contribution in [0.3, 0.4) is 0 Å². The number of hydrogen-bond donors (Lipinski definition) is 0. The Hall–Kier alpha value is -3.10. The third-order valence-electron chi connectivity index (χ3n) is 18.8. The summed E-state index contributed by atoms with van der Waals surface area (Å²) in [5, 5.41) is 9.07. The zero-order chi connectivity index (χ0) is 63.9. The van der Waals surface area contributed by atoms with Crippen LogP contribution in [0.2, 0.25) is 0 Å². The molecule has 90 heavy (non-hydrogen) atoms. The molecular weight excluding hydrogens is 1240 g/mol. The summed E-state index contributed by atoms with van der Waals surface area (Å²) in [6.07, 6.45) is 60.3. The summed E-state index contributed by atoms with van der Waals surface area (Å²) in [6, 6.07) is 14.1. The Morgan fingerprint density at radius 3 is 0.533 bits per heavy atom. The van der Waals surface area contributed by atoms with Gasteiger partial charge in [0.1, 0.15) is 0 Å². The van der Waals surface area contributed by atoms with Crippen LogP contribution in [0.1, 0.15) is 350 Å². The maximum absolute atomic E-state index is 6.96. The average Bonchev–Trinajstić information content (AvgIpc) is 0.729. The first-order chi connectivity index (χ1) is 44.4. The molecule has 0 aliphatic carbocycles. The average molecular weight is 1370 g/mol. The molecule has 0 radical (unpaired) electrons. The molecule has 5 aromatic rings. The van der Waals surface area contributed by atoms with Crippen molar-refractivity contribution in [2.24, 2.45) is 0 Å². The number of fused-ring (bicyclic) bond motifs is 7. The van der Waals surface area contributed by atoms with Gasteiger partial charge in [0, 0.05) is 10.8 Å². The van der Waals surface area contributed by atoms with Crippen molar-refractivity contribution >= 4 is 74.9 Å². The molecule has 0 amide bonds. The molecular formula is C82H132Br2O6. The lowest BCUT2D eigenvalue weighted by atomic mass is 9.91. The van der Waals surface area contributed by atoms with Crippen molar-refractivity contribution in [3.8, 4) is 34.5 Å². The number of ether oxygens (including phenoxy) is 6. The van der Waals surface area contributed by atoms with E-state index in [4.69, 9.17) is 28.4 Å². The molecule has 6 nitrogen and oxygen atoms in total. The molecule has 0 heterocycles. The van der Waals surface area contributed by atoms with Crippen molar-refractivity contribution in [2.75, 3.05) is 39.6 Å². The molecule has 0 spiro atoms. The van der Waals surface area contributed by atoms with Gasteiger partial charge >= 0.3 is 0 Å². The molecule has 0 saturated heterocycles. The summed E-state index contributed by atoms with van der Waals surface area (Å²) in [4.78, 5) is 0. The topological polar surface area (TPSA) is 55.4 Å². The van der Waals surface area contributed by atoms with Gasteiger partial charge in [-0.15, -0.1) is 0 Å². The van der Waals surface area contributed by atoms with Crippen molar-refractivity contribution in [2.45, 2.75) is 350 Å². The highest BCUT2D eigenvalue weighted by molar-refractivity contribution is 9.11. The van der Waals surface area contributed by atoms with Crippen LogP contribution >= 0.6 is 31.9 Å². The Kier molecular flexibility index (Phi) is 43.4. The largest absolute Gasteiger partial charge is 0.490 e. The third-order valence-corrected chi connectivity index (χ3v) is 20.4. The molecule has 510 valence electrons. The second-order valence-electron chi connectivity index (χ2n) is 26.9. The van der Waals surface area contributed by atoms with Crippen LogP contribution in [0.5, 0.6) is 34.5 Å². The summed E-state index contributed by atoms with van der Waals surface area (Å²) in [7, 11) is 0. The molecule has 0 aliphatic heterocycles. The molecule has 0 bridgehead atoms. The van der Waals surface area contributed by atoms with Gasteiger partial charge in [-0.2, -0.15) is 0 Å². The van der Waals surface area contributed by atoms with Crippen molar-refractivity contribution in [1.29, 1.82) is 0 Å². The van der Waals surface area contributed by atoms with Crippen LogP contribution in [0.4, 0.5) is 0 Å². The SMILES string of the molecule is CCCCCCCCCCOc1cc2c3cc(OCCCCCCCCCC)c(OCCCCCCCCCC)cc3c3cc4c(Br)c(OCCCCCCCCCC)c(OCCCCCCCCCC)c(Br)c4cc3c2cc1OCCCCCCCCCC. The highest BCUT2D eigenvalue weighted by atomic mass is 79.9. The van der Waals surface area contributed by atoms with Gasteiger partial charge < -0.3 is 28.4 Å². The highest BCUT2D eigenvalue weighted by Gasteiger charge is 2.24. The minimum Gasteiger partial charge on any atom is -0.490 e. The Balaban J connectivity index is 1.65. The fraction of sp³-hybridized carbons (Fsp3) is 0.732. The van der Waals surface area contributed by atoms with Gasteiger partial charge in [0.15, 0.2) is 34.5 Å². The van der Waals surface area contributed by atoms with Gasteiger partial charge in [-0.05, 0) is 139 Å². The second-order valence-corrected chi connectivity index (χ2v) is 28.4. The zero-order valence-electron chi connectivity index (χ0n) is 58.9. The number of halogens is 2. The van der Waals surface area contributed by atoms with E-state index in [0.717, 1.165) is 125 Å². The fourth-order valence-electron chi connectivity index (χ4n) is 13.1. The van der Waals surface area contributed by atoms with Gasteiger partial charge in [-0.25, -0.2) is 0 Å². The molecule has 0 aliphatic rings. The van der Waals surface area contributed by atoms with Crippen molar-refractivity contribution < 1.29 is 28.4 Å². The first-order valence-electron chi connectivity index (χ1n) is 38.5. The molecule has 0 fully saturated rings. The second kappa shape index (κ2) is 50.3. The highest BCUT2D eigenvalue weighted by Crippen LogP contribution is 2.52. The number of unbranched alkanes of at least 4 members (excludes halogenated alkanes) is 42. The first kappa shape index (κ1) is 77.6. The number of benzene rings is 5.